The lowest BCUT2D eigenvalue weighted by Crippen LogP contribution is -2.48. The number of rotatable bonds is 4. The predicted molar refractivity (Wildman–Crippen MR) is 254 cm³/mol. The molecule has 0 radical (unpaired) electrons. The molecule has 17 rings (SSSR count). The van der Waals surface area contributed by atoms with Crippen LogP contribution in [0.3, 0.4) is 0 Å². The van der Waals surface area contributed by atoms with E-state index in [2.05, 4.69) is 133 Å². The van der Waals surface area contributed by atoms with Crippen LogP contribution in [0, 0.1) is 41.4 Å². The lowest BCUT2D eigenvalue weighted by atomic mass is 9.47. The van der Waals surface area contributed by atoms with Crippen molar-refractivity contribution in [2.45, 2.75) is 82.0 Å². The summed E-state index contributed by atoms with van der Waals surface area (Å²) in [6, 6.07) is 51.6. The second kappa shape index (κ2) is 12.4. The Bertz CT molecular complexity index is 3140. The van der Waals surface area contributed by atoms with E-state index in [0.717, 1.165) is 52.6 Å². The fourth-order valence-corrected chi connectivity index (χ4v) is 16.8. The molecule has 8 saturated carbocycles. The summed E-state index contributed by atoms with van der Waals surface area (Å²) in [5, 5.41) is 13.9. The molecule has 0 spiro atoms. The molecule has 8 aliphatic carbocycles. The summed E-state index contributed by atoms with van der Waals surface area (Å²) in [6.45, 7) is 0. The SMILES string of the molecule is c1cc(-c2c3ccccc3c(C3C4CC5CC(C4)CC3C5)c3ccccc23)c2c(c1)oc1cc(-c3c4ccccc4c(C45CC6CC(CC(C6)C4)C5)c4ccccc34)ccc12. The van der Waals surface area contributed by atoms with E-state index in [1.165, 1.54) is 147 Å². The predicted octanol–water partition coefficient (Wildman–Crippen LogP) is 16.5. The van der Waals surface area contributed by atoms with Gasteiger partial charge in [0, 0.05) is 10.8 Å². The number of fused-ring (bicyclic) bond motifs is 7. The summed E-state index contributed by atoms with van der Waals surface area (Å²) in [5.41, 5.74) is 10.8. The van der Waals surface area contributed by atoms with Crippen molar-refractivity contribution in [1.29, 1.82) is 0 Å². The summed E-state index contributed by atoms with van der Waals surface area (Å²) in [6.07, 6.45) is 15.7. The van der Waals surface area contributed by atoms with Crippen LogP contribution in [0.5, 0.6) is 0 Å². The molecule has 9 aromatic rings. The molecule has 0 N–H and O–H groups in total. The maximum absolute atomic E-state index is 7.00. The highest BCUT2D eigenvalue weighted by molar-refractivity contribution is 6.23. The van der Waals surface area contributed by atoms with Crippen LogP contribution >= 0.6 is 0 Å². The van der Waals surface area contributed by atoms with Crippen molar-refractivity contribution in [1.82, 2.24) is 0 Å². The van der Waals surface area contributed by atoms with Gasteiger partial charge in [-0.25, -0.2) is 0 Å². The van der Waals surface area contributed by atoms with E-state index in [0.29, 0.717) is 11.3 Å². The van der Waals surface area contributed by atoms with Gasteiger partial charge in [-0.3, -0.25) is 0 Å². The quantitative estimate of drug-likeness (QED) is 0.162. The van der Waals surface area contributed by atoms with Crippen LogP contribution < -0.4 is 0 Å². The first-order valence-corrected chi connectivity index (χ1v) is 24.0. The van der Waals surface area contributed by atoms with Gasteiger partial charge >= 0.3 is 0 Å². The topological polar surface area (TPSA) is 13.1 Å². The molecular weight excluding hydrogens is 737 g/mol. The van der Waals surface area contributed by atoms with Crippen molar-refractivity contribution in [3.63, 3.8) is 0 Å². The molecule has 1 aromatic heterocycles. The monoisotopic (exact) mass is 788 g/mol. The third-order valence-corrected chi connectivity index (χ3v) is 18.1. The van der Waals surface area contributed by atoms with Gasteiger partial charge in [-0.15, -0.1) is 0 Å². The Balaban J connectivity index is 0.933. The molecule has 0 amide bonds. The van der Waals surface area contributed by atoms with Crippen LogP contribution in [-0.4, -0.2) is 0 Å². The summed E-state index contributed by atoms with van der Waals surface area (Å²) in [7, 11) is 0. The van der Waals surface area contributed by atoms with Gasteiger partial charge in [-0.2, -0.15) is 0 Å². The molecule has 0 aliphatic heterocycles. The van der Waals surface area contributed by atoms with Gasteiger partial charge in [0.1, 0.15) is 11.2 Å². The second-order valence-corrected chi connectivity index (χ2v) is 21.4. The van der Waals surface area contributed by atoms with Crippen molar-refractivity contribution in [2.75, 3.05) is 0 Å². The Kier molecular flexibility index (Phi) is 6.94. The van der Waals surface area contributed by atoms with E-state index < -0.39 is 0 Å². The lowest BCUT2D eigenvalue weighted by Gasteiger charge is -2.57. The fraction of sp³-hybridized carbons (Fsp3) is 0.333. The largest absolute Gasteiger partial charge is 0.456 e. The van der Waals surface area contributed by atoms with Gasteiger partial charge in [0.05, 0.1) is 0 Å². The molecule has 0 saturated heterocycles. The molecule has 1 nitrogen and oxygen atoms in total. The minimum Gasteiger partial charge on any atom is -0.456 e. The number of benzene rings is 8. The number of hydrogen-bond donors (Lipinski definition) is 0. The van der Waals surface area contributed by atoms with Crippen molar-refractivity contribution >= 4 is 65.0 Å². The molecule has 8 bridgehead atoms. The zero-order valence-electron chi connectivity index (χ0n) is 35.0. The molecule has 0 atom stereocenters. The van der Waals surface area contributed by atoms with E-state index in [1.807, 2.05) is 0 Å². The van der Waals surface area contributed by atoms with E-state index >= 15 is 0 Å². The maximum atomic E-state index is 7.00. The zero-order chi connectivity index (χ0) is 39.6. The molecule has 8 aliphatic rings. The highest BCUT2D eigenvalue weighted by atomic mass is 16.3. The Hall–Kier alpha value is -5.40. The van der Waals surface area contributed by atoms with Gasteiger partial charge < -0.3 is 4.42 Å². The second-order valence-electron chi connectivity index (χ2n) is 21.4. The van der Waals surface area contributed by atoms with E-state index in [4.69, 9.17) is 4.42 Å². The molecule has 298 valence electrons. The smallest absolute Gasteiger partial charge is 0.136 e. The molecular formula is C60H52O. The normalized spacial score (nSPS) is 30.0. The summed E-state index contributed by atoms with van der Waals surface area (Å²) >= 11 is 0. The van der Waals surface area contributed by atoms with Crippen LogP contribution in [0.1, 0.15) is 87.7 Å². The Labute approximate surface area is 358 Å². The fourth-order valence-electron chi connectivity index (χ4n) is 16.8. The van der Waals surface area contributed by atoms with E-state index in [1.54, 1.807) is 11.1 Å². The Morgan fingerprint density at radius 1 is 0.393 bits per heavy atom. The van der Waals surface area contributed by atoms with Gasteiger partial charge in [-0.05, 0) is 218 Å². The van der Waals surface area contributed by atoms with Crippen LogP contribution in [0.25, 0.3) is 87.3 Å². The minimum atomic E-state index is 0.299. The first-order valence-electron chi connectivity index (χ1n) is 24.0. The first-order chi connectivity index (χ1) is 30.1. The molecule has 1 heteroatoms. The molecule has 0 unspecified atom stereocenters. The van der Waals surface area contributed by atoms with E-state index in [9.17, 15) is 0 Å². The van der Waals surface area contributed by atoms with Crippen LogP contribution in [0.15, 0.2) is 138 Å². The highest BCUT2D eigenvalue weighted by Crippen LogP contribution is 2.64. The molecule has 8 aromatic carbocycles. The molecule has 61 heavy (non-hydrogen) atoms. The third-order valence-electron chi connectivity index (χ3n) is 18.1. The summed E-state index contributed by atoms with van der Waals surface area (Å²) in [5.74, 6) is 6.95. The van der Waals surface area contributed by atoms with Crippen molar-refractivity contribution < 1.29 is 4.42 Å². The molecule has 1 heterocycles. The highest BCUT2D eigenvalue weighted by Gasteiger charge is 2.53. The van der Waals surface area contributed by atoms with Gasteiger partial charge in [0.25, 0.3) is 0 Å². The first kappa shape index (κ1) is 34.2. The van der Waals surface area contributed by atoms with Gasteiger partial charge in [-0.1, -0.05) is 115 Å². The molecule has 8 fully saturated rings. The third kappa shape index (κ3) is 4.74. The average molecular weight is 789 g/mol. The van der Waals surface area contributed by atoms with Crippen LogP contribution in [0.4, 0.5) is 0 Å². The van der Waals surface area contributed by atoms with Gasteiger partial charge in [0.2, 0.25) is 0 Å². The van der Waals surface area contributed by atoms with Gasteiger partial charge in [0.15, 0.2) is 0 Å². The summed E-state index contributed by atoms with van der Waals surface area (Å²) < 4.78 is 7.00. The standard InChI is InChI=1S/C60H52O/c1-3-12-44-42(10-1)56(43-11-2-4-13-45(43)58(44)54-40-26-34-22-35(28-40)29-41(54)27-34)51-18-9-19-52-57(51)50-21-20-39(30-53(50)61-52)55-46-14-5-7-16-48(46)59(49-17-8-6-15-47(49)55)60-31-36-23-37(32-60)25-38(24-36)33-60/h1-21,30,34-38,40-41,54H,22-29,31-33H2. The Morgan fingerprint density at radius 2 is 0.885 bits per heavy atom. The average Bonchev–Trinajstić information content (AvgIpc) is 3.65. The Morgan fingerprint density at radius 3 is 1.44 bits per heavy atom. The van der Waals surface area contributed by atoms with Crippen LogP contribution in [0.2, 0.25) is 0 Å². The van der Waals surface area contributed by atoms with E-state index in [-0.39, 0.29) is 0 Å². The van der Waals surface area contributed by atoms with Crippen LogP contribution in [-0.2, 0) is 5.41 Å². The lowest BCUT2D eigenvalue weighted by molar-refractivity contribution is -0.00383. The van der Waals surface area contributed by atoms with Crippen molar-refractivity contribution in [2.24, 2.45) is 41.4 Å². The van der Waals surface area contributed by atoms with Crippen molar-refractivity contribution in [3.05, 3.63) is 145 Å². The minimum absolute atomic E-state index is 0.299. The number of furan rings is 1. The van der Waals surface area contributed by atoms with Crippen molar-refractivity contribution in [3.8, 4) is 22.3 Å². The number of hydrogen-bond acceptors (Lipinski definition) is 1. The zero-order valence-corrected chi connectivity index (χ0v) is 35.0. The summed E-state index contributed by atoms with van der Waals surface area (Å²) in [4.78, 5) is 0. The maximum Gasteiger partial charge on any atom is 0.136 e.